The molecule has 0 fully saturated rings. The molecule has 0 saturated carbocycles. The molecule has 0 saturated heterocycles. The lowest BCUT2D eigenvalue weighted by molar-refractivity contribution is 0.102. The number of carbonyl (C=O) groups is 1. The Labute approximate surface area is 154 Å². The molecular formula is C19H17FN4OS. The van der Waals surface area contributed by atoms with Crippen molar-refractivity contribution in [2.45, 2.75) is 19.4 Å². The van der Waals surface area contributed by atoms with Crippen LogP contribution in [-0.2, 0) is 19.4 Å². The highest BCUT2D eigenvalue weighted by molar-refractivity contribution is 7.15. The summed E-state index contributed by atoms with van der Waals surface area (Å²) in [6.07, 6.45) is 1.27. The maximum absolute atomic E-state index is 13.7. The third-order valence-electron chi connectivity index (χ3n) is 4.34. The molecule has 2 N–H and O–H groups in total. The van der Waals surface area contributed by atoms with Gasteiger partial charge in [-0.3, -0.25) is 10.1 Å². The Balaban J connectivity index is 1.45. The maximum Gasteiger partial charge on any atom is 0.257 e. The normalized spacial score (nSPS) is 13.3. The third kappa shape index (κ3) is 3.63. The molecule has 0 bridgehead atoms. The minimum absolute atomic E-state index is 0.208. The highest BCUT2D eigenvalue weighted by Gasteiger charge is 2.15. The predicted molar refractivity (Wildman–Crippen MR) is 98.9 cm³/mol. The SMILES string of the molecule is O=C(Nc1nnc(Cc2ccccc2F)s1)c1ccc2c(c1)CCNC2. The summed E-state index contributed by atoms with van der Waals surface area (Å²) in [5.74, 6) is -0.475. The van der Waals surface area contributed by atoms with Gasteiger partial charge in [-0.05, 0) is 47.9 Å². The van der Waals surface area contributed by atoms with Gasteiger partial charge in [0.15, 0.2) is 0 Å². The quantitative estimate of drug-likeness (QED) is 0.742. The summed E-state index contributed by atoms with van der Waals surface area (Å²) in [5, 5.41) is 15.2. The van der Waals surface area contributed by atoms with E-state index >= 15 is 0 Å². The van der Waals surface area contributed by atoms with E-state index in [1.807, 2.05) is 18.2 Å². The number of hydrogen-bond donors (Lipinski definition) is 2. The van der Waals surface area contributed by atoms with Crippen molar-refractivity contribution >= 4 is 22.4 Å². The average molecular weight is 368 g/mol. The molecule has 0 aliphatic carbocycles. The van der Waals surface area contributed by atoms with Crippen LogP contribution in [-0.4, -0.2) is 22.6 Å². The number of rotatable bonds is 4. The molecule has 1 amide bonds. The van der Waals surface area contributed by atoms with Gasteiger partial charge in [-0.2, -0.15) is 0 Å². The van der Waals surface area contributed by atoms with E-state index in [-0.39, 0.29) is 11.7 Å². The molecule has 26 heavy (non-hydrogen) atoms. The molecule has 0 unspecified atom stereocenters. The second kappa shape index (κ2) is 7.31. The van der Waals surface area contributed by atoms with E-state index in [0.717, 1.165) is 19.5 Å². The third-order valence-corrected chi connectivity index (χ3v) is 5.18. The number of aromatic nitrogens is 2. The monoisotopic (exact) mass is 368 g/mol. The first-order valence-corrected chi connectivity index (χ1v) is 9.20. The predicted octanol–water partition coefficient (Wildman–Crippen LogP) is 3.17. The maximum atomic E-state index is 13.7. The van der Waals surface area contributed by atoms with Crippen LogP contribution in [0.1, 0.15) is 32.1 Å². The van der Waals surface area contributed by atoms with Crippen molar-refractivity contribution in [3.05, 3.63) is 75.5 Å². The van der Waals surface area contributed by atoms with Crippen LogP contribution in [0.3, 0.4) is 0 Å². The Morgan fingerprint density at radius 3 is 2.96 bits per heavy atom. The number of carbonyl (C=O) groups excluding carboxylic acids is 1. The Morgan fingerprint density at radius 1 is 1.19 bits per heavy atom. The van der Waals surface area contributed by atoms with Crippen LogP contribution >= 0.6 is 11.3 Å². The number of fused-ring (bicyclic) bond motifs is 1. The molecule has 7 heteroatoms. The molecule has 0 atom stereocenters. The van der Waals surface area contributed by atoms with E-state index in [1.54, 1.807) is 18.2 Å². The van der Waals surface area contributed by atoms with Crippen LogP contribution < -0.4 is 10.6 Å². The lowest BCUT2D eigenvalue weighted by Gasteiger charge is -2.17. The summed E-state index contributed by atoms with van der Waals surface area (Å²) in [4.78, 5) is 12.5. The largest absolute Gasteiger partial charge is 0.312 e. The second-order valence-electron chi connectivity index (χ2n) is 6.13. The highest BCUT2D eigenvalue weighted by atomic mass is 32.1. The second-order valence-corrected chi connectivity index (χ2v) is 7.20. The number of anilines is 1. The van der Waals surface area contributed by atoms with E-state index in [0.29, 0.717) is 27.7 Å². The smallest absolute Gasteiger partial charge is 0.257 e. The van der Waals surface area contributed by atoms with Crippen molar-refractivity contribution in [2.24, 2.45) is 0 Å². The lowest BCUT2D eigenvalue weighted by atomic mass is 9.98. The number of benzene rings is 2. The molecule has 5 nitrogen and oxygen atoms in total. The van der Waals surface area contributed by atoms with Crippen molar-refractivity contribution in [3.63, 3.8) is 0 Å². The zero-order valence-corrected chi connectivity index (χ0v) is 14.8. The van der Waals surface area contributed by atoms with Crippen molar-refractivity contribution < 1.29 is 9.18 Å². The first-order chi connectivity index (χ1) is 12.7. The van der Waals surface area contributed by atoms with Crippen molar-refractivity contribution in [2.75, 3.05) is 11.9 Å². The summed E-state index contributed by atoms with van der Waals surface area (Å²) in [5.41, 5.74) is 3.60. The van der Waals surface area contributed by atoms with Gasteiger partial charge >= 0.3 is 0 Å². The van der Waals surface area contributed by atoms with Gasteiger partial charge in [-0.25, -0.2) is 4.39 Å². The minimum atomic E-state index is -0.267. The van der Waals surface area contributed by atoms with Gasteiger partial charge in [0.05, 0.1) is 0 Å². The van der Waals surface area contributed by atoms with E-state index < -0.39 is 0 Å². The number of nitrogens with zero attached hydrogens (tertiary/aromatic N) is 2. The van der Waals surface area contributed by atoms with Crippen molar-refractivity contribution in [1.82, 2.24) is 15.5 Å². The molecule has 1 aromatic heterocycles. The fourth-order valence-electron chi connectivity index (χ4n) is 2.97. The average Bonchev–Trinajstić information content (AvgIpc) is 3.10. The highest BCUT2D eigenvalue weighted by Crippen LogP contribution is 2.21. The van der Waals surface area contributed by atoms with Gasteiger partial charge in [0, 0.05) is 18.5 Å². The Kier molecular flexibility index (Phi) is 4.73. The molecule has 2 heterocycles. The Bertz CT molecular complexity index is 956. The van der Waals surface area contributed by atoms with Crippen LogP contribution in [0.15, 0.2) is 42.5 Å². The zero-order chi connectivity index (χ0) is 17.9. The van der Waals surface area contributed by atoms with E-state index in [9.17, 15) is 9.18 Å². The topological polar surface area (TPSA) is 66.9 Å². The number of nitrogens with one attached hydrogen (secondary N) is 2. The van der Waals surface area contributed by atoms with Crippen LogP contribution in [0, 0.1) is 5.82 Å². The van der Waals surface area contributed by atoms with Gasteiger partial charge in [0.1, 0.15) is 10.8 Å². The summed E-state index contributed by atoms with van der Waals surface area (Å²) in [6, 6.07) is 12.3. The van der Waals surface area contributed by atoms with Gasteiger partial charge < -0.3 is 5.32 Å². The minimum Gasteiger partial charge on any atom is -0.312 e. The molecule has 132 valence electrons. The summed E-state index contributed by atoms with van der Waals surface area (Å²) >= 11 is 1.26. The van der Waals surface area contributed by atoms with E-state index in [1.165, 1.54) is 28.5 Å². The molecular weight excluding hydrogens is 351 g/mol. The summed E-state index contributed by atoms with van der Waals surface area (Å²) < 4.78 is 13.7. The molecule has 0 radical (unpaired) electrons. The summed E-state index contributed by atoms with van der Waals surface area (Å²) in [7, 11) is 0. The van der Waals surface area contributed by atoms with Crippen molar-refractivity contribution in [3.8, 4) is 0 Å². The molecule has 4 rings (SSSR count). The van der Waals surface area contributed by atoms with E-state index in [2.05, 4.69) is 20.8 Å². The first-order valence-electron chi connectivity index (χ1n) is 8.39. The first kappa shape index (κ1) is 16.8. The van der Waals surface area contributed by atoms with Gasteiger partial charge in [-0.1, -0.05) is 35.6 Å². The molecule has 0 spiro atoms. The zero-order valence-electron chi connectivity index (χ0n) is 14.0. The van der Waals surface area contributed by atoms with Gasteiger partial charge in [0.2, 0.25) is 5.13 Å². The summed E-state index contributed by atoms with van der Waals surface area (Å²) in [6.45, 7) is 1.76. The number of halogens is 1. The van der Waals surface area contributed by atoms with Crippen LogP contribution in [0.5, 0.6) is 0 Å². The fourth-order valence-corrected chi connectivity index (χ4v) is 3.73. The molecule has 1 aliphatic heterocycles. The van der Waals surface area contributed by atoms with Gasteiger partial charge in [-0.15, -0.1) is 10.2 Å². The fraction of sp³-hybridized carbons (Fsp3) is 0.211. The standard InChI is InChI=1S/C19H17FN4OS/c20-16-4-2-1-3-13(16)10-17-23-24-19(26-17)22-18(25)14-5-6-15-11-21-8-7-12(15)9-14/h1-6,9,21H,7-8,10-11H2,(H,22,24,25). The lowest BCUT2D eigenvalue weighted by Crippen LogP contribution is -2.24. The van der Waals surface area contributed by atoms with Crippen molar-refractivity contribution in [1.29, 1.82) is 0 Å². The van der Waals surface area contributed by atoms with Crippen LogP contribution in [0.4, 0.5) is 9.52 Å². The molecule has 2 aromatic carbocycles. The van der Waals surface area contributed by atoms with Crippen LogP contribution in [0.2, 0.25) is 0 Å². The number of amides is 1. The van der Waals surface area contributed by atoms with Crippen LogP contribution in [0.25, 0.3) is 0 Å². The molecule has 1 aliphatic rings. The van der Waals surface area contributed by atoms with E-state index in [4.69, 9.17) is 0 Å². The molecule has 3 aromatic rings. The Morgan fingerprint density at radius 2 is 2.08 bits per heavy atom. The Hall–Kier alpha value is -2.64. The van der Waals surface area contributed by atoms with Gasteiger partial charge in [0.25, 0.3) is 5.91 Å². The number of hydrogen-bond acceptors (Lipinski definition) is 5.